The molecule has 0 bridgehead atoms. The van der Waals surface area contributed by atoms with Gasteiger partial charge in [0, 0.05) is 27.2 Å². The number of carbonyl (C=O) groups is 1. The summed E-state index contributed by atoms with van der Waals surface area (Å²) in [6, 6.07) is -0.916. The number of hydrogen-bond acceptors (Lipinski definition) is 3. The summed E-state index contributed by atoms with van der Waals surface area (Å²) in [5.74, 6) is -0.277. The highest BCUT2D eigenvalue weighted by molar-refractivity contribution is 7.87. The largest absolute Gasteiger partial charge is 0.347 e. The third kappa shape index (κ3) is 4.07. The molecule has 16 heavy (non-hydrogen) atoms. The Labute approximate surface area is 97.8 Å². The van der Waals surface area contributed by atoms with Crippen LogP contribution in [-0.4, -0.2) is 56.8 Å². The van der Waals surface area contributed by atoms with Crippen molar-refractivity contribution in [2.75, 3.05) is 21.1 Å². The molecule has 0 aromatic rings. The first kappa shape index (κ1) is 15.3. The van der Waals surface area contributed by atoms with Crippen molar-refractivity contribution in [3.8, 4) is 0 Å². The fraction of sp³-hybridized carbons (Fsp3) is 0.889. The fourth-order valence-corrected chi connectivity index (χ4v) is 2.29. The Kier molecular flexibility index (Phi) is 5.37. The van der Waals surface area contributed by atoms with Gasteiger partial charge in [-0.2, -0.15) is 17.4 Å². The van der Waals surface area contributed by atoms with Crippen molar-refractivity contribution in [2.24, 2.45) is 0 Å². The van der Waals surface area contributed by atoms with Crippen LogP contribution in [0.15, 0.2) is 0 Å². The molecule has 0 aliphatic heterocycles. The van der Waals surface area contributed by atoms with Gasteiger partial charge < -0.3 is 4.90 Å². The highest BCUT2D eigenvalue weighted by atomic mass is 32.2. The van der Waals surface area contributed by atoms with Crippen LogP contribution in [0.3, 0.4) is 0 Å². The van der Waals surface area contributed by atoms with Crippen molar-refractivity contribution in [2.45, 2.75) is 32.9 Å². The van der Waals surface area contributed by atoms with Crippen LogP contribution in [0.2, 0.25) is 0 Å². The summed E-state index contributed by atoms with van der Waals surface area (Å²) >= 11 is 0. The van der Waals surface area contributed by atoms with Gasteiger partial charge in [0.05, 0.1) is 6.04 Å². The number of likely N-dealkylation sites (N-methyl/N-ethyl adjacent to an activating group) is 1. The van der Waals surface area contributed by atoms with Gasteiger partial charge in [0.15, 0.2) is 0 Å². The first-order valence-electron chi connectivity index (χ1n) is 5.06. The fourth-order valence-electron chi connectivity index (χ4n) is 1.02. The zero-order valence-electron chi connectivity index (χ0n) is 10.7. The number of nitrogens with one attached hydrogen (secondary N) is 1. The highest BCUT2D eigenvalue weighted by Gasteiger charge is 2.26. The van der Waals surface area contributed by atoms with Gasteiger partial charge >= 0.3 is 0 Å². The first-order chi connectivity index (χ1) is 7.09. The summed E-state index contributed by atoms with van der Waals surface area (Å²) < 4.78 is 27.0. The smallest absolute Gasteiger partial charge is 0.280 e. The average Bonchev–Trinajstić information content (AvgIpc) is 2.14. The summed E-state index contributed by atoms with van der Waals surface area (Å²) in [7, 11) is 1.04. The molecular weight excluding hydrogens is 230 g/mol. The van der Waals surface area contributed by atoms with Crippen molar-refractivity contribution < 1.29 is 13.2 Å². The normalized spacial score (nSPS) is 14.2. The lowest BCUT2D eigenvalue weighted by Gasteiger charge is -2.24. The second-order valence-electron chi connectivity index (χ2n) is 4.19. The van der Waals surface area contributed by atoms with Gasteiger partial charge in [-0.3, -0.25) is 4.79 Å². The van der Waals surface area contributed by atoms with E-state index in [9.17, 15) is 13.2 Å². The summed E-state index contributed by atoms with van der Waals surface area (Å²) in [6.07, 6.45) is 0. The molecule has 6 nitrogen and oxygen atoms in total. The molecule has 0 saturated heterocycles. The Balaban J connectivity index is 4.67. The molecule has 1 N–H and O–H groups in total. The molecule has 7 heteroatoms. The molecule has 0 aromatic carbocycles. The zero-order chi connectivity index (χ0) is 13.1. The summed E-state index contributed by atoms with van der Waals surface area (Å²) in [4.78, 5) is 12.8. The molecular formula is C9H21N3O3S. The van der Waals surface area contributed by atoms with E-state index in [1.54, 1.807) is 27.9 Å². The number of hydrogen-bond donors (Lipinski definition) is 1. The van der Waals surface area contributed by atoms with Crippen LogP contribution >= 0.6 is 0 Å². The predicted octanol–water partition coefficient (Wildman–Crippen LogP) is -0.362. The second-order valence-corrected chi connectivity index (χ2v) is 5.95. The van der Waals surface area contributed by atoms with E-state index in [0.717, 1.165) is 0 Å². The summed E-state index contributed by atoms with van der Waals surface area (Å²) in [5.41, 5.74) is 0. The Morgan fingerprint density at radius 2 is 1.56 bits per heavy atom. The molecule has 0 unspecified atom stereocenters. The topological polar surface area (TPSA) is 69.7 Å². The molecule has 0 aromatic heterocycles. The lowest BCUT2D eigenvalue weighted by molar-refractivity contribution is -0.130. The summed E-state index contributed by atoms with van der Waals surface area (Å²) in [6.45, 7) is 5.05. The van der Waals surface area contributed by atoms with Crippen LogP contribution in [0.1, 0.15) is 20.8 Å². The SMILES string of the molecule is CC(C)N(C)S(=O)(=O)N[C@H](C)C(=O)N(C)C. The third-order valence-electron chi connectivity index (χ3n) is 2.24. The predicted molar refractivity (Wildman–Crippen MR) is 63.1 cm³/mol. The van der Waals surface area contributed by atoms with Gasteiger partial charge in [0.25, 0.3) is 10.2 Å². The van der Waals surface area contributed by atoms with Crippen molar-refractivity contribution in [3.63, 3.8) is 0 Å². The quantitative estimate of drug-likeness (QED) is 0.725. The Morgan fingerprint density at radius 3 is 1.88 bits per heavy atom. The standard InChI is InChI=1S/C9H21N3O3S/c1-7(2)12(6)16(14,15)10-8(3)9(13)11(4)5/h7-8,10H,1-6H3/t8-/m1/s1. The molecule has 0 rings (SSSR count). The average molecular weight is 251 g/mol. The van der Waals surface area contributed by atoms with Crippen LogP contribution in [0, 0.1) is 0 Å². The number of rotatable bonds is 5. The highest BCUT2D eigenvalue weighted by Crippen LogP contribution is 2.02. The van der Waals surface area contributed by atoms with E-state index in [2.05, 4.69) is 4.72 Å². The number of nitrogens with zero attached hydrogens (tertiary/aromatic N) is 2. The van der Waals surface area contributed by atoms with Crippen LogP contribution in [0.25, 0.3) is 0 Å². The first-order valence-corrected chi connectivity index (χ1v) is 6.50. The second kappa shape index (κ2) is 5.60. The van der Waals surface area contributed by atoms with Gasteiger partial charge in [-0.05, 0) is 20.8 Å². The van der Waals surface area contributed by atoms with E-state index in [4.69, 9.17) is 0 Å². The van der Waals surface area contributed by atoms with E-state index < -0.39 is 16.3 Å². The van der Waals surface area contributed by atoms with Crippen molar-refractivity contribution in [1.82, 2.24) is 13.9 Å². The molecule has 0 heterocycles. The molecule has 0 spiro atoms. The van der Waals surface area contributed by atoms with Crippen LogP contribution in [0.5, 0.6) is 0 Å². The summed E-state index contributed by atoms with van der Waals surface area (Å²) in [5, 5.41) is 0. The van der Waals surface area contributed by atoms with Gasteiger partial charge in [-0.1, -0.05) is 0 Å². The lowest BCUT2D eigenvalue weighted by Crippen LogP contribution is -2.50. The maximum Gasteiger partial charge on any atom is 0.280 e. The van der Waals surface area contributed by atoms with Crippen LogP contribution < -0.4 is 4.72 Å². The van der Waals surface area contributed by atoms with E-state index >= 15 is 0 Å². The molecule has 0 saturated carbocycles. The van der Waals surface area contributed by atoms with Crippen LogP contribution in [-0.2, 0) is 15.0 Å². The van der Waals surface area contributed by atoms with E-state index in [1.807, 2.05) is 0 Å². The maximum absolute atomic E-state index is 11.8. The Hall–Kier alpha value is -0.660. The minimum absolute atomic E-state index is 0.154. The van der Waals surface area contributed by atoms with Crippen molar-refractivity contribution in [1.29, 1.82) is 0 Å². The molecule has 0 fully saturated rings. The van der Waals surface area contributed by atoms with E-state index in [1.165, 1.54) is 23.2 Å². The zero-order valence-corrected chi connectivity index (χ0v) is 11.5. The molecule has 1 atom stereocenters. The van der Waals surface area contributed by atoms with E-state index in [0.29, 0.717) is 0 Å². The third-order valence-corrected chi connectivity index (χ3v) is 4.07. The molecule has 0 aliphatic rings. The van der Waals surface area contributed by atoms with Gasteiger partial charge in [-0.15, -0.1) is 0 Å². The van der Waals surface area contributed by atoms with Crippen molar-refractivity contribution >= 4 is 16.1 Å². The molecule has 96 valence electrons. The molecule has 1 amide bonds. The number of carbonyl (C=O) groups excluding carboxylic acids is 1. The van der Waals surface area contributed by atoms with Gasteiger partial charge in [0.1, 0.15) is 0 Å². The van der Waals surface area contributed by atoms with Gasteiger partial charge in [0.2, 0.25) is 5.91 Å². The molecule has 0 radical (unpaired) electrons. The maximum atomic E-state index is 11.8. The van der Waals surface area contributed by atoms with Gasteiger partial charge in [-0.25, -0.2) is 0 Å². The Bertz CT molecular complexity index is 338. The number of amides is 1. The monoisotopic (exact) mass is 251 g/mol. The van der Waals surface area contributed by atoms with Crippen LogP contribution in [0.4, 0.5) is 0 Å². The lowest BCUT2D eigenvalue weighted by atomic mass is 10.3. The van der Waals surface area contributed by atoms with Crippen molar-refractivity contribution in [3.05, 3.63) is 0 Å². The minimum atomic E-state index is -3.60. The van der Waals surface area contributed by atoms with E-state index in [-0.39, 0.29) is 11.9 Å². The molecule has 0 aliphatic carbocycles. The Morgan fingerprint density at radius 1 is 1.12 bits per heavy atom. The minimum Gasteiger partial charge on any atom is -0.347 e.